The summed E-state index contributed by atoms with van der Waals surface area (Å²) in [6, 6.07) is 17.7. The number of hydrogen-bond acceptors (Lipinski definition) is 6. The van der Waals surface area contributed by atoms with Gasteiger partial charge in [0.25, 0.3) is 5.91 Å². The zero-order valence-electron chi connectivity index (χ0n) is 21.4. The first-order valence-corrected chi connectivity index (χ1v) is 13.8. The van der Waals surface area contributed by atoms with E-state index in [9.17, 15) is 23.2 Å². The van der Waals surface area contributed by atoms with Crippen molar-refractivity contribution in [1.82, 2.24) is 14.8 Å². The molecule has 1 amide bonds. The summed E-state index contributed by atoms with van der Waals surface area (Å²) in [6.07, 6.45) is 4.95. The van der Waals surface area contributed by atoms with Crippen molar-refractivity contribution in [3.05, 3.63) is 76.4 Å². The van der Waals surface area contributed by atoms with Crippen LogP contribution in [-0.2, 0) is 17.5 Å². The van der Waals surface area contributed by atoms with Gasteiger partial charge in [-0.25, -0.2) is 0 Å². The van der Waals surface area contributed by atoms with Gasteiger partial charge in [0.15, 0.2) is 0 Å². The number of alkyl halides is 3. The number of hydrogen-bond donors (Lipinski definition) is 1. The van der Waals surface area contributed by atoms with Crippen LogP contribution in [0.2, 0.25) is 0 Å². The van der Waals surface area contributed by atoms with Gasteiger partial charge in [0.2, 0.25) is 10.1 Å². The SMILES string of the molecule is N#C/C(=C/c1cn(CCOc2ccc(C3CCCCC3)cc2)c2ccccc12)C(=O)Nc1nnc(C(F)(F)F)s1. The lowest BCUT2D eigenvalue weighted by atomic mass is 9.84. The smallest absolute Gasteiger partial charge is 0.445 e. The number of anilines is 1. The Morgan fingerprint density at radius 1 is 1.12 bits per heavy atom. The molecule has 0 aliphatic heterocycles. The first-order valence-electron chi connectivity index (χ1n) is 13.0. The Labute approximate surface area is 232 Å². The monoisotopic (exact) mass is 565 g/mol. The molecule has 1 aliphatic carbocycles. The Balaban J connectivity index is 1.27. The fraction of sp³-hybridized carbons (Fsp3) is 0.310. The predicted molar refractivity (Wildman–Crippen MR) is 147 cm³/mol. The van der Waals surface area contributed by atoms with Crippen LogP contribution >= 0.6 is 11.3 Å². The number of rotatable bonds is 8. The second-order valence-electron chi connectivity index (χ2n) is 9.58. The molecule has 0 unspecified atom stereocenters. The molecular weight excluding hydrogens is 539 g/mol. The van der Waals surface area contributed by atoms with Crippen LogP contribution in [0.3, 0.4) is 0 Å². The van der Waals surface area contributed by atoms with Crippen molar-refractivity contribution in [2.24, 2.45) is 0 Å². The average molecular weight is 566 g/mol. The van der Waals surface area contributed by atoms with Crippen molar-refractivity contribution in [1.29, 1.82) is 5.26 Å². The molecule has 0 saturated heterocycles. The fourth-order valence-corrected chi connectivity index (χ4v) is 5.57. The molecule has 1 fully saturated rings. The molecule has 4 aromatic rings. The van der Waals surface area contributed by atoms with E-state index in [0.29, 0.717) is 24.6 Å². The van der Waals surface area contributed by atoms with Crippen LogP contribution in [0.4, 0.5) is 18.3 Å². The van der Waals surface area contributed by atoms with Crippen molar-refractivity contribution in [2.75, 3.05) is 11.9 Å². The largest absolute Gasteiger partial charge is 0.492 e. The van der Waals surface area contributed by atoms with Crippen LogP contribution in [0.25, 0.3) is 17.0 Å². The van der Waals surface area contributed by atoms with Gasteiger partial charge in [-0.3, -0.25) is 10.1 Å². The maximum absolute atomic E-state index is 12.8. The number of carbonyl (C=O) groups excluding carboxylic acids is 1. The van der Waals surface area contributed by atoms with E-state index in [1.54, 1.807) is 0 Å². The van der Waals surface area contributed by atoms with Gasteiger partial charge in [0.05, 0.1) is 6.54 Å². The molecule has 5 rings (SSSR count). The van der Waals surface area contributed by atoms with Crippen LogP contribution in [-0.4, -0.2) is 27.3 Å². The lowest BCUT2D eigenvalue weighted by Crippen LogP contribution is -2.13. The third-order valence-corrected chi connectivity index (χ3v) is 7.81. The number of nitrogens with one attached hydrogen (secondary N) is 1. The first kappa shape index (κ1) is 27.4. The summed E-state index contributed by atoms with van der Waals surface area (Å²) in [4.78, 5) is 12.6. The molecule has 11 heteroatoms. The highest BCUT2D eigenvalue weighted by Crippen LogP contribution is 2.34. The lowest BCUT2D eigenvalue weighted by molar-refractivity contribution is -0.138. The predicted octanol–water partition coefficient (Wildman–Crippen LogP) is 7.18. The van der Waals surface area contributed by atoms with Crippen molar-refractivity contribution in [2.45, 2.75) is 50.7 Å². The van der Waals surface area contributed by atoms with Crippen LogP contribution < -0.4 is 10.1 Å². The Morgan fingerprint density at radius 2 is 1.88 bits per heavy atom. The summed E-state index contributed by atoms with van der Waals surface area (Å²) in [5.41, 5.74) is 2.60. The Hall–Kier alpha value is -4.17. The molecular formula is C29H26F3N5O2S. The summed E-state index contributed by atoms with van der Waals surface area (Å²) in [5, 5.41) is 17.5. The molecule has 1 aliphatic rings. The molecule has 2 aromatic heterocycles. The number of carbonyl (C=O) groups is 1. The molecule has 0 bridgehead atoms. The molecule has 2 heterocycles. The topological polar surface area (TPSA) is 92.8 Å². The summed E-state index contributed by atoms with van der Waals surface area (Å²) in [7, 11) is 0. The number of amides is 1. The molecule has 7 nitrogen and oxygen atoms in total. The van der Waals surface area contributed by atoms with Crippen molar-refractivity contribution < 1.29 is 22.7 Å². The van der Waals surface area contributed by atoms with Crippen LogP contribution in [0.1, 0.15) is 54.2 Å². The molecule has 1 saturated carbocycles. The van der Waals surface area contributed by atoms with Crippen LogP contribution in [0, 0.1) is 11.3 Å². The second-order valence-corrected chi connectivity index (χ2v) is 10.6. The van der Waals surface area contributed by atoms with Crippen LogP contribution in [0.5, 0.6) is 5.75 Å². The first-order chi connectivity index (χ1) is 19.3. The highest BCUT2D eigenvalue weighted by Gasteiger charge is 2.36. The summed E-state index contributed by atoms with van der Waals surface area (Å²) >= 11 is 0.190. The average Bonchev–Trinajstić information content (AvgIpc) is 3.58. The number of aromatic nitrogens is 3. The molecule has 0 spiro atoms. The summed E-state index contributed by atoms with van der Waals surface area (Å²) < 4.78 is 46.4. The van der Waals surface area contributed by atoms with E-state index >= 15 is 0 Å². The summed E-state index contributed by atoms with van der Waals surface area (Å²) in [5.74, 6) is 0.561. The summed E-state index contributed by atoms with van der Waals surface area (Å²) in [6.45, 7) is 0.937. The van der Waals surface area contributed by atoms with Gasteiger partial charge in [0.1, 0.15) is 24.0 Å². The maximum atomic E-state index is 12.8. The quantitative estimate of drug-likeness (QED) is 0.180. The number of fused-ring (bicyclic) bond motifs is 1. The standard InChI is InChI=1S/C29H26F3N5O2S/c30-29(31,32)27-35-36-28(40-27)34-26(38)21(17-33)16-22-18-37(25-9-5-4-8-24(22)25)14-15-39-23-12-10-20(11-13-23)19-6-2-1-3-7-19/h4-5,8-13,16,18-19H,1-3,6-7,14-15H2,(H,34,36,38)/b21-16-. The molecule has 206 valence electrons. The molecule has 2 aromatic carbocycles. The molecule has 1 N–H and O–H groups in total. The molecule has 0 atom stereocenters. The number of ether oxygens (including phenoxy) is 1. The molecule has 0 radical (unpaired) electrons. The van der Waals surface area contributed by atoms with E-state index in [1.807, 2.05) is 53.2 Å². The highest BCUT2D eigenvalue weighted by atomic mass is 32.1. The van der Waals surface area contributed by atoms with Gasteiger partial charge in [-0.1, -0.05) is 60.9 Å². The van der Waals surface area contributed by atoms with Crippen molar-refractivity contribution in [3.8, 4) is 11.8 Å². The van der Waals surface area contributed by atoms with E-state index in [4.69, 9.17) is 4.74 Å². The van der Waals surface area contributed by atoms with E-state index < -0.39 is 17.1 Å². The third kappa shape index (κ3) is 6.34. The van der Waals surface area contributed by atoms with Gasteiger partial charge < -0.3 is 9.30 Å². The van der Waals surface area contributed by atoms with Crippen molar-refractivity contribution in [3.63, 3.8) is 0 Å². The van der Waals surface area contributed by atoms with Gasteiger partial charge in [0, 0.05) is 22.7 Å². The van der Waals surface area contributed by atoms with Gasteiger partial charge in [-0.2, -0.15) is 18.4 Å². The zero-order valence-corrected chi connectivity index (χ0v) is 22.3. The lowest BCUT2D eigenvalue weighted by Gasteiger charge is -2.22. The minimum absolute atomic E-state index is 0.190. The van der Waals surface area contributed by atoms with Crippen LogP contribution in [0.15, 0.2) is 60.3 Å². The minimum atomic E-state index is -4.67. The number of nitriles is 1. The second kappa shape index (κ2) is 11.9. The third-order valence-electron chi connectivity index (χ3n) is 6.93. The van der Waals surface area contributed by atoms with Gasteiger partial charge >= 0.3 is 6.18 Å². The van der Waals surface area contributed by atoms with E-state index in [2.05, 4.69) is 27.6 Å². The highest BCUT2D eigenvalue weighted by molar-refractivity contribution is 7.15. The Kier molecular flexibility index (Phi) is 8.16. The number of benzene rings is 2. The maximum Gasteiger partial charge on any atom is 0.445 e. The number of nitrogens with zero attached hydrogens (tertiary/aromatic N) is 4. The minimum Gasteiger partial charge on any atom is -0.492 e. The number of para-hydroxylation sites is 1. The molecule has 40 heavy (non-hydrogen) atoms. The van der Waals surface area contributed by atoms with Gasteiger partial charge in [-0.05, 0) is 48.6 Å². The van der Waals surface area contributed by atoms with E-state index in [0.717, 1.165) is 16.7 Å². The normalized spacial score (nSPS) is 14.7. The zero-order chi connectivity index (χ0) is 28.1. The van der Waals surface area contributed by atoms with Gasteiger partial charge in [-0.15, -0.1) is 10.2 Å². The fourth-order valence-electron chi connectivity index (χ4n) is 4.97. The van der Waals surface area contributed by atoms with Crippen molar-refractivity contribution >= 4 is 39.4 Å². The number of halogens is 3. The van der Waals surface area contributed by atoms with E-state index in [1.165, 1.54) is 43.7 Å². The Bertz CT molecular complexity index is 1560. The Morgan fingerprint density at radius 3 is 2.58 bits per heavy atom. The van der Waals surface area contributed by atoms with E-state index in [-0.39, 0.29) is 22.0 Å².